The Labute approximate surface area is 150 Å². The molecule has 1 aromatic heterocycles. The molecule has 2 fully saturated rings. The molecule has 2 aliphatic heterocycles. The summed E-state index contributed by atoms with van der Waals surface area (Å²) < 4.78 is 5.47. The van der Waals surface area contributed by atoms with Crippen LogP contribution in [0.25, 0.3) is 0 Å². The molecule has 0 aliphatic carbocycles. The van der Waals surface area contributed by atoms with Gasteiger partial charge in [-0.05, 0) is 44.0 Å². The fourth-order valence-electron chi connectivity index (χ4n) is 3.79. The van der Waals surface area contributed by atoms with Crippen LogP contribution in [-0.2, 0) is 16.1 Å². The van der Waals surface area contributed by atoms with E-state index < -0.39 is 0 Å². The van der Waals surface area contributed by atoms with Crippen LogP contribution in [0.15, 0.2) is 24.5 Å². The van der Waals surface area contributed by atoms with Gasteiger partial charge in [0.1, 0.15) is 0 Å². The molecule has 2 saturated heterocycles. The summed E-state index contributed by atoms with van der Waals surface area (Å²) in [4.78, 5) is 23.4. The molecule has 2 aliphatic rings. The molecule has 0 atom stereocenters. The molecule has 6 heteroatoms. The minimum Gasteiger partial charge on any atom is -0.381 e. The smallest absolute Gasteiger partial charge is 0.236 e. The van der Waals surface area contributed by atoms with Gasteiger partial charge in [-0.2, -0.15) is 0 Å². The van der Waals surface area contributed by atoms with Gasteiger partial charge in [0.15, 0.2) is 0 Å². The number of aromatic nitrogens is 1. The first-order valence-corrected chi connectivity index (χ1v) is 9.39. The Morgan fingerprint density at radius 1 is 1.20 bits per heavy atom. The van der Waals surface area contributed by atoms with Gasteiger partial charge < -0.3 is 9.64 Å². The van der Waals surface area contributed by atoms with Crippen LogP contribution in [0.1, 0.15) is 24.8 Å². The number of hydrogen-bond acceptors (Lipinski definition) is 5. The Hall–Kier alpha value is -1.50. The van der Waals surface area contributed by atoms with Crippen molar-refractivity contribution in [1.82, 2.24) is 19.7 Å². The van der Waals surface area contributed by atoms with E-state index in [4.69, 9.17) is 4.74 Å². The monoisotopic (exact) mass is 346 g/mol. The summed E-state index contributed by atoms with van der Waals surface area (Å²) >= 11 is 0. The van der Waals surface area contributed by atoms with Crippen molar-refractivity contribution in [3.05, 3.63) is 30.1 Å². The van der Waals surface area contributed by atoms with E-state index in [2.05, 4.69) is 14.8 Å². The van der Waals surface area contributed by atoms with Gasteiger partial charge in [0.05, 0.1) is 6.54 Å². The molecule has 1 aromatic rings. The Bertz CT molecular complexity index is 533. The van der Waals surface area contributed by atoms with Crippen molar-refractivity contribution in [2.45, 2.75) is 31.8 Å². The van der Waals surface area contributed by atoms with Gasteiger partial charge >= 0.3 is 0 Å². The van der Waals surface area contributed by atoms with Crippen molar-refractivity contribution >= 4 is 5.91 Å². The Balaban J connectivity index is 1.45. The third kappa shape index (κ3) is 5.49. The molecule has 0 unspecified atom stereocenters. The fraction of sp³-hybridized carbons (Fsp3) is 0.684. The Morgan fingerprint density at radius 3 is 2.72 bits per heavy atom. The van der Waals surface area contributed by atoms with Crippen molar-refractivity contribution in [2.75, 3.05) is 53.0 Å². The topological polar surface area (TPSA) is 48.9 Å². The maximum atomic E-state index is 12.7. The summed E-state index contributed by atoms with van der Waals surface area (Å²) in [5.74, 6) is 0.241. The van der Waals surface area contributed by atoms with E-state index in [0.717, 1.165) is 65.2 Å². The van der Waals surface area contributed by atoms with Crippen LogP contribution < -0.4 is 0 Å². The van der Waals surface area contributed by atoms with Crippen molar-refractivity contribution in [1.29, 1.82) is 0 Å². The number of hydrogen-bond donors (Lipinski definition) is 0. The molecule has 0 aromatic carbocycles. The minimum absolute atomic E-state index is 0.241. The molecule has 0 radical (unpaired) electrons. The van der Waals surface area contributed by atoms with Crippen LogP contribution in [0.5, 0.6) is 0 Å². The molecule has 0 N–H and O–H groups in total. The molecule has 0 bridgehead atoms. The number of ether oxygens (including phenoxy) is 1. The largest absolute Gasteiger partial charge is 0.381 e. The van der Waals surface area contributed by atoms with Crippen LogP contribution in [0.2, 0.25) is 0 Å². The molecule has 25 heavy (non-hydrogen) atoms. The van der Waals surface area contributed by atoms with Gasteiger partial charge in [-0.25, -0.2) is 0 Å². The summed E-state index contributed by atoms with van der Waals surface area (Å²) in [5, 5.41) is 0. The number of pyridine rings is 1. The van der Waals surface area contributed by atoms with Crippen LogP contribution >= 0.6 is 0 Å². The highest BCUT2D eigenvalue weighted by molar-refractivity contribution is 5.78. The lowest BCUT2D eigenvalue weighted by Gasteiger charge is -2.33. The van der Waals surface area contributed by atoms with Crippen molar-refractivity contribution in [3.63, 3.8) is 0 Å². The van der Waals surface area contributed by atoms with Gasteiger partial charge in [-0.3, -0.25) is 19.6 Å². The lowest BCUT2D eigenvalue weighted by Crippen LogP contribution is -2.43. The molecule has 0 spiro atoms. The predicted octanol–water partition coefficient (Wildman–Crippen LogP) is 1.23. The summed E-state index contributed by atoms with van der Waals surface area (Å²) in [6.07, 6.45) is 6.91. The van der Waals surface area contributed by atoms with E-state index >= 15 is 0 Å². The van der Waals surface area contributed by atoms with Gasteiger partial charge in [-0.1, -0.05) is 0 Å². The maximum absolute atomic E-state index is 12.7. The maximum Gasteiger partial charge on any atom is 0.236 e. The number of carbonyl (C=O) groups excluding carboxylic acids is 1. The minimum atomic E-state index is 0.241. The van der Waals surface area contributed by atoms with Crippen LogP contribution in [0.4, 0.5) is 0 Å². The van der Waals surface area contributed by atoms with Crippen LogP contribution in [0, 0.1) is 0 Å². The molecule has 3 rings (SSSR count). The molecular weight excluding hydrogens is 316 g/mol. The van der Waals surface area contributed by atoms with Crippen molar-refractivity contribution in [3.8, 4) is 0 Å². The predicted molar refractivity (Wildman–Crippen MR) is 97.2 cm³/mol. The Morgan fingerprint density at radius 2 is 1.96 bits per heavy atom. The molecule has 1 amide bonds. The second kappa shape index (κ2) is 9.27. The van der Waals surface area contributed by atoms with Crippen LogP contribution in [-0.4, -0.2) is 84.6 Å². The highest BCUT2D eigenvalue weighted by Gasteiger charge is 2.25. The van der Waals surface area contributed by atoms with E-state index in [0.29, 0.717) is 12.6 Å². The van der Waals surface area contributed by atoms with Gasteiger partial charge in [-0.15, -0.1) is 0 Å². The van der Waals surface area contributed by atoms with E-state index in [9.17, 15) is 4.79 Å². The first-order chi connectivity index (χ1) is 12.2. The van der Waals surface area contributed by atoms with Crippen molar-refractivity contribution in [2.24, 2.45) is 0 Å². The normalized spacial score (nSPS) is 20.6. The molecule has 138 valence electrons. The summed E-state index contributed by atoms with van der Waals surface area (Å²) in [6, 6.07) is 4.63. The zero-order valence-corrected chi connectivity index (χ0v) is 15.3. The average Bonchev–Trinajstić information content (AvgIpc) is 2.89. The summed E-state index contributed by atoms with van der Waals surface area (Å²) in [7, 11) is 2.00. The first kappa shape index (κ1) is 18.3. The summed E-state index contributed by atoms with van der Waals surface area (Å²) in [6.45, 7) is 6.82. The van der Waals surface area contributed by atoms with Gasteiger partial charge in [0, 0.05) is 64.4 Å². The number of carbonyl (C=O) groups is 1. The highest BCUT2D eigenvalue weighted by atomic mass is 16.5. The number of nitrogens with zero attached hydrogens (tertiary/aromatic N) is 4. The Kier molecular flexibility index (Phi) is 6.78. The van der Waals surface area contributed by atoms with E-state index in [1.807, 2.05) is 24.1 Å². The highest BCUT2D eigenvalue weighted by Crippen LogP contribution is 2.16. The zero-order chi connectivity index (χ0) is 17.5. The lowest BCUT2D eigenvalue weighted by atomic mass is 10.1. The molecule has 6 nitrogen and oxygen atoms in total. The third-order valence-corrected chi connectivity index (χ3v) is 5.20. The third-order valence-electron chi connectivity index (χ3n) is 5.20. The summed E-state index contributed by atoms with van der Waals surface area (Å²) in [5.41, 5.74) is 1.19. The second-order valence-electron chi connectivity index (χ2n) is 7.14. The standard InChI is InChI=1S/C19H30N4O2/c1-21(15-17-3-7-20-8-4-17)16-19(24)23-10-2-9-22(11-12-23)18-5-13-25-14-6-18/h3-4,7-8,18H,2,5-6,9-16H2,1H3. The quantitative estimate of drug-likeness (QED) is 0.803. The lowest BCUT2D eigenvalue weighted by molar-refractivity contribution is -0.132. The average molecular weight is 346 g/mol. The van der Waals surface area contributed by atoms with Gasteiger partial charge in [0.2, 0.25) is 5.91 Å². The molecular formula is C19H30N4O2. The SMILES string of the molecule is CN(CC(=O)N1CCCN(C2CCOCC2)CC1)Cc1ccncc1. The number of rotatable bonds is 5. The van der Waals surface area contributed by atoms with Crippen LogP contribution in [0.3, 0.4) is 0 Å². The first-order valence-electron chi connectivity index (χ1n) is 9.39. The van der Waals surface area contributed by atoms with E-state index in [1.54, 1.807) is 12.4 Å². The van der Waals surface area contributed by atoms with E-state index in [1.165, 1.54) is 5.56 Å². The molecule has 3 heterocycles. The zero-order valence-electron chi connectivity index (χ0n) is 15.3. The van der Waals surface area contributed by atoms with Crippen molar-refractivity contribution < 1.29 is 9.53 Å². The number of amides is 1. The van der Waals surface area contributed by atoms with Gasteiger partial charge in [0.25, 0.3) is 0 Å². The fourth-order valence-corrected chi connectivity index (χ4v) is 3.79. The molecule has 0 saturated carbocycles. The number of likely N-dealkylation sites (N-methyl/N-ethyl adjacent to an activating group) is 1. The second-order valence-corrected chi connectivity index (χ2v) is 7.14. The van der Waals surface area contributed by atoms with E-state index in [-0.39, 0.29) is 5.91 Å².